The maximum absolute atomic E-state index is 5.64. The molecule has 19 heavy (non-hydrogen) atoms. The van der Waals surface area contributed by atoms with Crippen molar-refractivity contribution in [2.45, 2.75) is 26.3 Å². The number of hydrogen-bond donors (Lipinski definition) is 1. The monoisotopic (exact) mass is 257 g/mol. The first-order chi connectivity index (χ1) is 9.33. The van der Waals surface area contributed by atoms with E-state index in [0.717, 1.165) is 23.9 Å². The molecule has 0 amide bonds. The molecule has 1 aliphatic rings. The minimum Gasteiger partial charge on any atom is -0.419 e. The van der Waals surface area contributed by atoms with Crippen LogP contribution in [0.25, 0.3) is 11.5 Å². The fraction of sp³-hybridized carbons (Fsp3) is 0.467. The molecule has 0 saturated heterocycles. The summed E-state index contributed by atoms with van der Waals surface area (Å²) < 4.78 is 5.64. The predicted molar refractivity (Wildman–Crippen MR) is 73.3 cm³/mol. The van der Waals surface area contributed by atoms with Gasteiger partial charge in [0, 0.05) is 5.56 Å². The van der Waals surface area contributed by atoms with Crippen LogP contribution in [0.1, 0.15) is 25.7 Å². The molecule has 1 N–H and O–H groups in total. The zero-order valence-corrected chi connectivity index (χ0v) is 11.2. The van der Waals surface area contributed by atoms with Gasteiger partial charge in [-0.05, 0) is 43.4 Å². The molecule has 1 fully saturated rings. The number of hydrogen-bond acceptors (Lipinski definition) is 4. The average molecular weight is 257 g/mol. The van der Waals surface area contributed by atoms with Gasteiger partial charge in [-0.15, -0.1) is 10.2 Å². The van der Waals surface area contributed by atoms with Crippen molar-refractivity contribution >= 4 is 0 Å². The van der Waals surface area contributed by atoms with Crippen LogP contribution in [0, 0.1) is 11.8 Å². The van der Waals surface area contributed by atoms with E-state index in [9.17, 15) is 0 Å². The summed E-state index contributed by atoms with van der Waals surface area (Å²) in [5.74, 6) is 2.92. The molecule has 0 bridgehead atoms. The standard InChI is InChI=1S/C15H19N3O/c1-11(12-7-8-12)9-16-10-14-17-18-15(19-14)13-5-3-2-4-6-13/h2-6,11-12,16H,7-10H2,1H3. The van der Waals surface area contributed by atoms with E-state index in [1.165, 1.54) is 12.8 Å². The largest absolute Gasteiger partial charge is 0.419 e. The lowest BCUT2D eigenvalue weighted by molar-refractivity contribution is 0.425. The maximum atomic E-state index is 5.64. The highest BCUT2D eigenvalue weighted by Gasteiger charge is 2.27. The van der Waals surface area contributed by atoms with Gasteiger partial charge >= 0.3 is 0 Å². The smallest absolute Gasteiger partial charge is 0.247 e. The lowest BCUT2D eigenvalue weighted by atomic mass is 10.1. The molecule has 1 unspecified atom stereocenters. The maximum Gasteiger partial charge on any atom is 0.247 e. The molecule has 1 aromatic carbocycles. The average Bonchev–Trinajstić information content (AvgIpc) is 3.20. The molecule has 4 nitrogen and oxygen atoms in total. The first-order valence-electron chi connectivity index (χ1n) is 6.91. The van der Waals surface area contributed by atoms with Crippen molar-refractivity contribution in [2.24, 2.45) is 11.8 Å². The van der Waals surface area contributed by atoms with E-state index in [1.807, 2.05) is 30.3 Å². The molecule has 3 rings (SSSR count). The molecule has 4 heteroatoms. The van der Waals surface area contributed by atoms with Crippen molar-refractivity contribution in [3.05, 3.63) is 36.2 Å². The van der Waals surface area contributed by atoms with Crippen molar-refractivity contribution in [1.82, 2.24) is 15.5 Å². The Balaban J connectivity index is 1.53. The highest BCUT2D eigenvalue weighted by molar-refractivity contribution is 5.51. The van der Waals surface area contributed by atoms with Gasteiger partial charge < -0.3 is 9.73 Å². The lowest BCUT2D eigenvalue weighted by Gasteiger charge is -2.09. The molecule has 1 heterocycles. The van der Waals surface area contributed by atoms with Crippen LogP contribution >= 0.6 is 0 Å². The second-order valence-electron chi connectivity index (χ2n) is 5.31. The zero-order valence-electron chi connectivity index (χ0n) is 11.2. The van der Waals surface area contributed by atoms with Crippen LogP contribution in [0.4, 0.5) is 0 Å². The quantitative estimate of drug-likeness (QED) is 0.864. The van der Waals surface area contributed by atoms with E-state index >= 15 is 0 Å². The Hall–Kier alpha value is -1.68. The molecule has 0 spiro atoms. The van der Waals surface area contributed by atoms with Gasteiger partial charge in [0.15, 0.2) is 0 Å². The van der Waals surface area contributed by atoms with Crippen molar-refractivity contribution in [3.63, 3.8) is 0 Å². The minimum absolute atomic E-state index is 0.590. The van der Waals surface area contributed by atoms with Gasteiger partial charge in [-0.3, -0.25) is 0 Å². The van der Waals surface area contributed by atoms with E-state index in [2.05, 4.69) is 22.4 Å². The Bertz CT molecular complexity index is 519. The van der Waals surface area contributed by atoms with Crippen molar-refractivity contribution in [1.29, 1.82) is 0 Å². The Morgan fingerprint density at radius 3 is 2.79 bits per heavy atom. The topological polar surface area (TPSA) is 51.0 Å². The van der Waals surface area contributed by atoms with Gasteiger partial charge in [-0.2, -0.15) is 0 Å². The summed E-state index contributed by atoms with van der Waals surface area (Å²) in [5, 5.41) is 11.5. The number of nitrogens with zero attached hydrogens (tertiary/aromatic N) is 2. The summed E-state index contributed by atoms with van der Waals surface area (Å²) in [6.45, 7) is 3.97. The van der Waals surface area contributed by atoms with Gasteiger partial charge in [-0.1, -0.05) is 25.1 Å². The number of aromatic nitrogens is 2. The van der Waals surface area contributed by atoms with Crippen molar-refractivity contribution in [3.8, 4) is 11.5 Å². The molecule has 1 saturated carbocycles. The van der Waals surface area contributed by atoms with Crippen LogP contribution in [0.15, 0.2) is 34.7 Å². The SMILES string of the molecule is CC(CNCc1nnc(-c2ccccc2)o1)C1CC1. The van der Waals surface area contributed by atoms with Gasteiger partial charge in [0.1, 0.15) is 0 Å². The number of benzene rings is 1. The fourth-order valence-corrected chi connectivity index (χ4v) is 2.26. The summed E-state index contributed by atoms with van der Waals surface area (Å²) in [5.41, 5.74) is 0.965. The Labute approximate surface area is 113 Å². The Kier molecular flexibility index (Phi) is 3.60. The normalized spacial score (nSPS) is 16.5. The van der Waals surface area contributed by atoms with E-state index < -0.39 is 0 Å². The molecule has 100 valence electrons. The predicted octanol–water partition coefficient (Wildman–Crippen LogP) is 2.87. The third-order valence-corrected chi connectivity index (χ3v) is 3.66. The van der Waals surface area contributed by atoms with Crippen LogP contribution in [0.3, 0.4) is 0 Å². The Morgan fingerprint density at radius 1 is 1.26 bits per heavy atom. The molecular formula is C15H19N3O. The van der Waals surface area contributed by atoms with Gasteiger partial charge in [-0.25, -0.2) is 0 Å². The molecule has 2 aromatic rings. The van der Waals surface area contributed by atoms with Crippen LogP contribution in [0.5, 0.6) is 0 Å². The van der Waals surface area contributed by atoms with Crippen LogP contribution < -0.4 is 5.32 Å². The second-order valence-corrected chi connectivity index (χ2v) is 5.31. The number of rotatable bonds is 6. The molecule has 1 aliphatic carbocycles. The van der Waals surface area contributed by atoms with Gasteiger partial charge in [0.2, 0.25) is 11.8 Å². The first kappa shape index (κ1) is 12.4. The molecule has 0 radical (unpaired) electrons. The molecule has 1 atom stereocenters. The van der Waals surface area contributed by atoms with Crippen molar-refractivity contribution in [2.75, 3.05) is 6.54 Å². The summed E-state index contributed by atoms with van der Waals surface area (Å²) in [7, 11) is 0. The lowest BCUT2D eigenvalue weighted by Crippen LogP contribution is -2.21. The number of nitrogens with one attached hydrogen (secondary N) is 1. The van der Waals surface area contributed by atoms with Crippen LogP contribution in [0.2, 0.25) is 0 Å². The first-order valence-corrected chi connectivity index (χ1v) is 6.91. The zero-order chi connectivity index (χ0) is 13.1. The minimum atomic E-state index is 0.590. The van der Waals surface area contributed by atoms with E-state index in [-0.39, 0.29) is 0 Å². The summed E-state index contributed by atoms with van der Waals surface area (Å²) in [6, 6.07) is 9.85. The summed E-state index contributed by atoms with van der Waals surface area (Å²) >= 11 is 0. The third-order valence-electron chi connectivity index (χ3n) is 3.66. The van der Waals surface area contributed by atoms with Crippen LogP contribution in [-0.2, 0) is 6.54 Å². The van der Waals surface area contributed by atoms with Gasteiger partial charge in [0.25, 0.3) is 0 Å². The summed E-state index contributed by atoms with van der Waals surface area (Å²) in [4.78, 5) is 0. The van der Waals surface area contributed by atoms with Gasteiger partial charge in [0.05, 0.1) is 6.54 Å². The second kappa shape index (κ2) is 5.53. The third kappa shape index (κ3) is 3.20. The highest BCUT2D eigenvalue weighted by Crippen LogP contribution is 2.36. The van der Waals surface area contributed by atoms with Crippen LogP contribution in [-0.4, -0.2) is 16.7 Å². The van der Waals surface area contributed by atoms with E-state index in [0.29, 0.717) is 18.3 Å². The summed E-state index contributed by atoms with van der Waals surface area (Å²) in [6.07, 6.45) is 2.78. The molecule has 1 aromatic heterocycles. The Morgan fingerprint density at radius 2 is 2.05 bits per heavy atom. The van der Waals surface area contributed by atoms with E-state index in [4.69, 9.17) is 4.42 Å². The van der Waals surface area contributed by atoms with Crippen molar-refractivity contribution < 1.29 is 4.42 Å². The highest BCUT2D eigenvalue weighted by atomic mass is 16.4. The van der Waals surface area contributed by atoms with E-state index in [1.54, 1.807) is 0 Å². The fourth-order valence-electron chi connectivity index (χ4n) is 2.26. The molecular weight excluding hydrogens is 238 g/mol. The molecule has 0 aliphatic heterocycles.